The quantitative estimate of drug-likeness (QED) is 0.705. The molecule has 4 rings (SSSR count). The zero-order chi connectivity index (χ0) is 22.0. The molecule has 8 nitrogen and oxygen atoms in total. The average molecular weight is 445 g/mol. The van der Waals surface area contributed by atoms with E-state index in [4.69, 9.17) is 4.98 Å². The van der Waals surface area contributed by atoms with Crippen molar-refractivity contribution in [2.75, 3.05) is 38.1 Å². The number of pyridine rings is 1. The maximum absolute atomic E-state index is 13.2. The first-order valence-electron chi connectivity index (χ1n) is 11.1. The van der Waals surface area contributed by atoms with Crippen molar-refractivity contribution < 1.29 is 8.42 Å². The highest BCUT2D eigenvalue weighted by Crippen LogP contribution is 2.28. The van der Waals surface area contributed by atoms with Gasteiger partial charge in [0, 0.05) is 68.5 Å². The summed E-state index contributed by atoms with van der Waals surface area (Å²) in [6.45, 7) is 6.16. The smallest absolute Gasteiger partial charge is 0.282 e. The molecular formula is C22H32N6O2S. The van der Waals surface area contributed by atoms with Gasteiger partial charge < -0.3 is 4.90 Å². The zero-order valence-corrected chi connectivity index (χ0v) is 19.5. The van der Waals surface area contributed by atoms with Gasteiger partial charge in [-0.2, -0.15) is 17.0 Å². The maximum atomic E-state index is 13.2. The minimum atomic E-state index is -3.44. The fourth-order valence-electron chi connectivity index (χ4n) is 4.49. The van der Waals surface area contributed by atoms with E-state index in [1.807, 2.05) is 26.0 Å². The van der Waals surface area contributed by atoms with Crippen LogP contribution in [-0.4, -0.2) is 71.2 Å². The molecule has 0 unspecified atom stereocenters. The second-order valence-electron chi connectivity index (χ2n) is 8.52. The maximum Gasteiger partial charge on any atom is 0.282 e. The van der Waals surface area contributed by atoms with Crippen molar-refractivity contribution in [1.29, 1.82) is 0 Å². The highest BCUT2D eigenvalue weighted by atomic mass is 32.2. The van der Waals surface area contributed by atoms with Crippen LogP contribution in [0, 0.1) is 13.8 Å². The summed E-state index contributed by atoms with van der Waals surface area (Å²) < 4.78 is 29.6. The lowest BCUT2D eigenvalue weighted by Gasteiger charge is -2.39. The van der Waals surface area contributed by atoms with Gasteiger partial charge in [0.05, 0.1) is 0 Å². The predicted molar refractivity (Wildman–Crippen MR) is 122 cm³/mol. The summed E-state index contributed by atoms with van der Waals surface area (Å²) in [6, 6.07) is 3.96. The standard InChI is InChI=1S/C22H32N6O2S/c1-17-18(2)24-21(19-8-7-11-23-16-19)25-22(17)27-12-14-28(15-13-27)31(29,30)26(3)20-9-5-4-6-10-20/h7-8,11,16,20H,4-6,9-10,12-15H2,1-3H3. The van der Waals surface area contributed by atoms with Gasteiger partial charge in [0.25, 0.3) is 10.2 Å². The molecule has 0 radical (unpaired) electrons. The Morgan fingerprint density at radius 2 is 1.74 bits per heavy atom. The number of rotatable bonds is 5. The molecule has 2 aromatic heterocycles. The van der Waals surface area contributed by atoms with Crippen LogP contribution in [0.15, 0.2) is 24.5 Å². The van der Waals surface area contributed by atoms with E-state index in [-0.39, 0.29) is 6.04 Å². The van der Waals surface area contributed by atoms with E-state index in [0.29, 0.717) is 32.0 Å². The number of aryl methyl sites for hydroxylation is 1. The molecule has 0 amide bonds. The summed E-state index contributed by atoms with van der Waals surface area (Å²) in [7, 11) is -1.69. The topological polar surface area (TPSA) is 82.5 Å². The first-order valence-corrected chi connectivity index (χ1v) is 12.5. The van der Waals surface area contributed by atoms with Crippen LogP contribution >= 0.6 is 0 Å². The third-order valence-corrected chi connectivity index (χ3v) is 8.64. The molecule has 1 aliphatic heterocycles. The first-order chi connectivity index (χ1) is 14.9. The Hall–Kier alpha value is -2.10. The number of anilines is 1. The largest absolute Gasteiger partial charge is 0.354 e. The van der Waals surface area contributed by atoms with Gasteiger partial charge in [0.1, 0.15) is 5.82 Å². The van der Waals surface area contributed by atoms with Gasteiger partial charge in [-0.05, 0) is 38.8 Å². The van der Waals surface area contributed by atoms with Crippen molar-refractivity contribution >= 4 is 16.0 Å². The van der Waals surface area contributed by atoms with Crippen molar-refractivity contribution in [3.63, 3.8) is 0 Å². The molecule has 1 saturated heterocycles. The number of hydrogen-bond donors (Lipinski definition) is 0. The Morgan fingerprint density at radius 3 is 2.39 bits per heavy atom. The van der Waals surface area contributed by atoms with E-state index < -0.39 is 10.2 Å². The summed E-state index contributed by atoms with van der Waals surface area (Å²) in [5.74, 6) is 1.53. The molecular weight excluding hydrogens is 412 g/mol. The van der Waals surface area contributed by atoms with E-state index in [1.54, 1.807) is 28.1 Å². The molecule has 1 saturated carbocycles. The summed E-state index contributed by atoms with van der Waals surface area (Å²) in [4.78, 5) is 15.8. The minimum absolute atomic E-state index is 0.130. The first kappa shape index (κ1) is 22.1. The van der Waals surface area contributed by atoms with Gasteiger partial charge >= 0.3 is 0 Å². The van der Waals surface area contributed by atoms with Crippen molar-refractivity contribution in [3.05, 3.63) is 35.8 Å². The van der Waals surface area contributed by atoms with Gasteiger partial charge in [0.15, 0.2) is 5.82 Å². The molecule has 2 aromatic rings. The van der Waals surface area contributed by atoms with Crippen LogP contribution in [0.2, 0.25) is 0 Å². The van der Waals surface area contributed by atoms with Crippen LogP contribution in [0.1, 0.15) is 43.4 Å². The number of piperazine rings is 1. The van der Waals surface area contributed by atoms with Crippen LogP contribution < -0.4 is 4.90 Å². The van der Waals surface area contributed by atoms with Gasteiger partial charge in [-0.1, -0.05) is 19.3 Å². The van der Waals surface area contributed by atoms with Gasteiger partial charge in [-0.3, -0.25) is 4.98 Å². The summed E-state index contributed by atoms with van der Waals surface area (Å²) in [6.07, 6.45) is 8.86. The van der Waals surface area contributed by atoms with Crippen LogP contribution in [0.3, 0.4) is 0 Å². The zero-order valence-electron chi connectivity index (χ0n) is 18.7. The molecule has 168 valence electrons. The van der Waals surface area contributed by atoms with E-state index in [0.717, 1.165) is 48.3 Å². The van der Waals surface area contributed by atoms with E-state index in [2.05, 4.69) is 14.9 Å². The van der Waals surface area contributed by atoms with E-state index in [1.165, 1.54) is 6.42 Å². The van der Waals surface area contributed by atoms with Gasteiger partial charge in [0.2, 0.25) is 0 Å². The SMILES string of the molecule is Cc1nc(-c2cccnc2)nc(N2CCN(S(=O)(=O)N(C)C3CCCCC3)CC2)c1C. The van der Waals surface area contributed by atoms with Crippen LogP contribution in [-0.2, 0) is 10.2 Å². The van der Waals surface area contributed by atoms with E-state index in [9.17, 15) is 8.42 Å². The second-order valence-corrected chi connectivity index (χ2v) is 10.5. The van der Waals surface area contributed by atoms with E-state index >= 15 is 0 Å². The molecule has 3 heterocycles. The van der Waals surface area contributed by atoms with Crippen molar-refractivity contribution in [2.45, 2.75) is 52.0 Å². The van der Waals surface area contributed by atoms with Crippen molar-refractivity contribution in [2.24, 2.45) is 0 Å². The number of aromatic nitrogens is 3. The fourth-order valence-corrected chi connectivity index (χ4v) is 6.07. The Bertz CT molecular complexity index is 1000. The number of nitrogens with zero attached hydrogens (tertiary/aromatic N) is 6. The lowest BCUT2D eigenvalue weighted by molar-refractivity contribution is 0.259. The lowest BCUT2D eigenvalue weighted by atomic mass is 9.96. The molecule has 1 aliphatic carbocycles. The van der Waals surface area contributed by atoms with Crippen LogP contribution in [0.25, 0.3) is 11.4 Å². The van der Waals surface area contributed by atoms with Crippen LogP contribution in [0.5, 0.6) is 0 Å². The van der Waals surface area contributed by atoms with Gasteiger partial charge in [-0.25, -0.2) is 9.97 Å². The monoisotopic (exact) mass is 444 g/mol. The summed E-state index contributed by atoms with van der Waals surface area (Å²) >= 11 is 0. The third kappa shape index (κ3) is 4.58. The Labute approximate surface area is 185 Å². The van der Waals surface area contributed by atoms with Crippen LogP contribution in [0.4, 0.5) is 5.82 Å². The molecule has 0 aromatic carbocycles. The highest BCUT2D eigenvalue weighted by molar-refractivity contribution is 7.86. The molecule has 2 fully saturated rings. The molecule has 9 heteroatoms. The lowest BCUT2D eigenvalue weighted by Crippen LogP contribution is -2.54. The summed E-state index contributed by atoms with van der Waals surface area (Å²) in [5, 5.41) is 0. The predicted octanol–water partition coefficient (Wildman–Crippen LogP) is 2.79. The molecule has 31 heavy (non-hydrogen) atoms. The Morgan fingerprint density at radius 1 is 1.03 bits per heavy atom. The molecule has 2 aliphatic rings. The Balaban J connectivity index is 1.49. The van der Waals surface area contributed by atoms with Gasteiger partial charge in [-0.15, -0.1) is 0 Å². The third-order valence-electron chi connectivity index (χ3n) is 6.60. The molecule has 0 spiro atoms. The number of hydrogen-bond acceptors (Lipinski definition) is 6. The molecule has 0 bridgehead atoms. The molecule has 0 atom stereocenters. The van der Waals surface area contributed by atoms with Crippen molar-refractivity contribution in [3.8, 4) is 11.4 Å². The second kappa shape index (κ2) is 9.18. The van der Waals surface area contributed by atoms with Crippen molar-refractivity contribution in [1.82, 2.24) is 23.6 Å². The highest BCUT2D eigenvalue weighted by Gasteiger charge is 2.35. The minimum Gasteiger partial charge on any atom is -0.354 e. The fraction of sp³-hybridized carbons (Fsp3) is 0.591. The molecule has 0 N–H and O–H groups in total. The normalized spacial score (nSPS) is 19.2. The Kier molecular flexibility index (Phi) is 6.55. The summed E-state index contributed by atoms with van der Waals surface area (Å²) in [5.41, 5.74) is 2.83. The average Bonchev–Trinajstić information content (AvgIpc) is 2.81.